The molecular formula is C18H21ClN2O. The van der Waals surface area contributed by atoms with Crippen LogP contribution in [0.25, 0.3) is 0 Å². The molecule has 0 fully saturated rings. The van der Waals surface area contributed by atoms with Gasteiger partial charge in [-0.25, -0.2) is 0 Å². The average Bonchev–Trinajstić information content (AvgIpc) is 2.50. The molecule has 0 spiro atoms. The third-order valence-corrected chi connectivity index (χ3v) is 3.47. The second kappa shape index (κ2) is 7.85. The third kappa shape index (κ3) is 4.78. The van der Waals surface area contributed by atoms with Crippen LogP contribution < -0.4 is 10.2 Å². The van der Waals surface area contributed by atoms with Gasteiger partial charge in [0.15, 0.2) is 0 Å². The number of anilines is 1. The van der Waals surface area contributed by atoms with Crippen LogP contribution in [0.2, 0.25) is 5.02 Å². The van der Waals surface area contributed by atoms with Gasteiger partial charge in [0.05, 0.1) is 18.5 Å². The summed E-state index contributed by atoms with van der Waals surface area (Å²) in [6, 6.07) is 13.6. The number of hydrogen-bond donors (Lipinski definition) is 1. The highest BCUT2D eigenvalue weighted by Crippen LogP contribution is 2.20. The molecule has 22 heavy (non-hydrogen) atoms. The molecule has 0 aliphatic heterocycles. The molecular weight excluding hydrogens is 296 g/mol. The maximum absolute atomic E-state index is 6.09. The summed E-state index contributed by atoms with van der Waals surface area (Å²) in [5.41, 5.74) is 5.82. The van der Waals surface area contributed by atoms with E-state index in [9.17, 15) is 0 Å². The van der Waals surface area contributed by atoms with E-state index in [2.05, 4.69) is 24.4 Å². The summed E-state index contributed by atoms with van der Waals surface area (Å²) in [6.45, 7) is 6.91. The number of aryl methyl sites for hydroxylation is 1. The van der Waals surface area contributed by atoms with Crippen LogP contribution in [-0.2, 0) is 0 Å². The number of benzene rings is 2. The minimum atomic E-state index is 0.484. The van der Waals surface area contributed by atoms with Crippen molar-refractivity contribution in [3.63, 3.8) is 0 Å². The lowest BCUT2D eigenvalue weighted by atomic mass is 10.2. The van der Waals surface area contributed by atoms with E-state index in [1.165, 1.54) is 0 Å². The van der Waals surface area contributed by atoms with E-state index < -0.39 is 0 Å². The van der Waals surface area contributed by atoms with Crippen LogP contribution in [0.4, 0.5) is 5.69 Å². The molecule has 116 valence electrons. The lowest BCUT2D eigenvalue weighted by Crippen LogP contribution is -2.06. The molecule has 3 nitrogen and oxygen atoms in total. The number of hydrogen-bond acceptors (Lipinski definition) is 3. The van der Waals surface area contributed by atoms with E-state index in [0.717, 1.165) is 27.6 Å². The van der Waals surface area contributed by atoms with Crippen molar-refractivity contribution >= 4 is 23.5 Å². The highest BCUT2D eigenvalue weighted by Gasteiger charge is 2.02. The first-order chi connectivity index (χ1) is 10.6. The zero-order valence-corrected chi connectivity index (χ0v) is 13.9. The van der Waals surface area contributed by atoms with Crippen molar-refractivity contribution in [3.05, 3.63) is 58.6 Å². The van der Waals surface area contributed by atoms with Gasteiger partial charge in [0.2, 0.25) is 0 Å². The summed E-state index contributed by atoms with van der Waals surface area (Å²) < 4.78 is 5.80. The van der Waals surface area contributed by atoms with Crippen LogP contribution in [0, 0.1) is 12.8 Å². The van der Waals surface area contributed by atoms with Gasteiger partial charge in [-0.1, -0.05) is 43.6 Å². The van der Waals surface area contributed by atoms with Gasteiger partial charge in [-0.05, 0) is 42.7 Å². The summed E-state index contributed by atoms with van der Waals surface area (Å²) >= 11 is 6.09. The van der Waals surface area contributed by atoms with Crippen LogP contribution in [-0.4, -0.2) is 12.8 Å². The monoisotopic (exact) mass is 316 g/mol. The summed E-state index contributed by atoms with van der Waals surface area (Å²) in [5, 5.41) is 4.98. The zero-order valence-electron chi connectivity index (χ0n) is 13.1. The molecule has 0 bridgehead atoms. The van der Waals surface area contributed by atoms with E-state index in [4.69, 9.17) is 16.3 Å². The first kappa shape index (κ1) is 16.4. The van der Waals surface area contributed by atoms with E-state index in [-0.39, 0.29) is 0 Å². The van der Waals surface area contributed by atoms with E-state index in [1.807, 2.05) is 49.4 Å². The highest BCUT2D eigenvalue weighted by molar-refractivity contribution is 6.31. The van der Waals surface area contributed by atoms with Crippen LogP contribution in [0.1, 0.15) is 25.0 Å². The summed E-state index contributed by atoms with van der Waals surface area (Å²) in [6.07, 6.45) is 1.75. The first-order valence-corrected chi connectivity index (χ1v) is 7.71. The largest absolute Gasteiger partial charge is 0.493 e. The van der Waals surface area contributed by atoms with Crippen molar-refractivity contribution in [2.75, 3.05) is 12.0 Å². The maximum Gasteiger partial charge on any atom is 0.128 e. The number of rotatable bonds is 6. The predicted octanol–water partition coefficient (Wildman–Crippen LogP) is 5.13. The molecule has 2 aromatic carbocycles. The average molecular weight is 317 g/mol. The standard InChI is InChI=1S/C18H21ClN2O/c1-13(2)12-22-18-7-5-4-6-15(18)11-20-21-16-9-8-14(3)17(19)10-16/h4-11,13,21H,12H2,1-3H3/b20-11+. The summed E-state index contributed by atoms with van der Waals surface area (Å²) in [7, 11) is 0. The fraction of sp³-hybridized carbons (Fsp3) is 0.278. The third-order valence-electron chi connectivity index (χ3n) is 3.06. The van der Waals surface area contributed by atoms with E-state index in [0.29, 0.717) is 12.5 Å². The Labute approximate surface area is 137 Å². The number of para-hydroxylation sites is 1. The van der Waals surface area contributed by atoms with Crippen molar-refractivity contribution in [2.45, 2.75) is 20.8 Å². The normalized spacial score (nSPS) is 11.1. The van der Waals surface area contributed by atoms with Crippen molar-refractivity contribution in [1.29, 1.82) is 0 Å². The Morgan fingerprint density at radius 2 is 2.00 bits per heavy atom. The molecule has 4 heteroatoms. The Hall–Kier alpha value is -2.00. The molecule has 2 aromatic rings. The molecule has 0 aliphatic rings. The van der Waals surface area contributed by atoms with Gasteiger partial charge in [-0.15, -0.1) is 0 Å². The quantitative estimate of drug-likeness (QED) is 0.592. The minimum absolute atomic E-state index is 0.484. The van der Waals surface area contributed by atoms with Gasteiger partial charge in [0, 0.05) is 10.6 Å². The van der Waals surface area contributed by atoms with Gasteiger partial charge >= 0.3 is 0 Å². The SMILES string of the molecule is Cc1ccc(N/N=C/c2ccccc2OCC(C)C)cc1Cl. The van der Waals surface area contributed by atoms with Crippen LogP contribution in [0.3, 0.4) is 0 Å². The topological polar surface area (TPSA) is 33.6 Å². The first-order valence-electron chi connectivity index (χ1n) is 7.33. The van der Waals surface area contributed by atoms with Gasteiger partial charge < -0.3 is 4.74 Å². The molecule has 0 saturated carbocycles. The summed E-state index contributed by atoms with van der Waals surface area (Å²) in [5.74, 6) is 1.32. The second-order valence-electron chi connectivity index (χ2n) is 5.58. The van der Waals surface area contributed by atoms with Gasteiger partial charge in [0.25, 0.3) is 0 Å². The Balaban J connectivity index is 2.04. The van der Waals surface area contributed by atoms with Gasteiger partial charge in [-0.2, -0.15) is 5.10 Å². The predicted molar refractivity (Wildman–Crippen MR) is 94.2 cm³/mol. The van der Waals surface area contributed by atoms with Crippen molar-refractivity contribution in [2.24, 2.45) is 11.0 Å². The molecule has 2 rings (SSSR count). The molecule has 0 aliphatic carbocycles. The van der Waals surface area contributed by atoms with Crippen LogP contribution >= 0.6 is 11.6 Å². The van der Waals surface area contributed by atoms with E-state index in [1.54, 1.807) is 6.21 Å². The number of nitrogens with one attached hydrogen (secondary N) is 1. The van der Waals surface area contributed by atoms with Crippen LogP contribution in [0.5, 0.6) is 5.75 Å². The second-order valence-corrected chi connectivity index (χ2v) is 5.98. The van der Waals surface area contributed by atoms with Gasteiger partial charge in [0.1, 0.15) is 5.75 Å². The minimum Gasteiger partial charge on any atom is -0.493 e. The number of ether oxygens (including phenoxy) is 1. The van der Waals surface area contributed by atoms with Crippen molar-refractivity contribution in [3.8, 4) is 5.75 Å². The maximum atomic E-state index is 6.09. The Bertz CT molecular complexity index is 653. The lowest BCUT2D eigenvalue weighted by Gasteiger charge is -2.10. The molecule has 0 atom stereocenters. The molecule has 0 saturated heterocycles. The molecule has 0 amide bonds. The number of halogens is 1. The number of hydrazone groups is 1. The molecule has 0 heterocycles. The molecule has 0 aromatic heterocycles. The van der Waals surface area contributed by atoms with Gasteiger partial charge in [-0.3, -0.25) is 5.43 Å². The Morgan fingerprint density at radius 1 is 1.23 bits per heavy atom. The fourth-order valence-corrected chi connectivity index (χ4v) is 1.99. The highest BCUT2D eigenvalue weighted by atomic mass is 35.5. The number of nitrogens with zero attached hydrogens (tertiary/aromatic N) is 1. The Kier molecular flexibility index (Phi) is 5.84. The fourth-order valence-electron chi connectivity index (χ4n) is 1.81. The van der Waals surface area contributed by atoms with E-state index >= 15 is 0 Å². The van der Waals surface area contributed by atoms with Crippen molar-refractivity contribution < 1.29 is 4.74 Å². The Morgan fingerprint density at radius 3 is 2.73 bits per heavy atom. The summed E-state index contributed by atoms with van der Waals surface area (Å²) in [4.78, 5) is 0. The van der Waals surface area contributed by atoms with Crippen molar-refractivity contribution in [1.82, 2.24) is 0 Å². The lowest BCUT2D eigenvalue weighted by molar-refractivity contribution is 0.271. The molecule has 0 radical (unpaired) electrons. The smallest absolute Gasteiger partial charge is 0.128 e. The van der Waals surface area contributed by atoms with Crippen LogP contribution in [0.15, 0.2) is 47.6 Å². The molecule has 1 N–H and O–H groups in total. The zero-order chi connectivity index (χ0) is 15.9. The molecule has 0 unspecified atom stereocenters.